The van der Waals surface area contributed by atoms with E-state index in [4.69, 9.17) is 16.3 Å². The van der Waals surface area contributed by atoms with Crippen molar-refractivity contribution in [2.45, 2.75) is 31.2 Å². The Labute approximate surface area is 163 Å². The zero-order valence-corrected chi connectivity index (χ0v) is 15.7. The fourth-order valence-electron chi connectivity index (χ4n) is 3.98. The number of halogens is 1. The van der Waals surface area contributed by atoms with Crippen LogP contribution in [0.25, 0.3) is 0 Å². The van der Waals surface area contributed by atoms with E-state index in [1.165, 1.54) is 4.90 Å². The van der Waals surface area contributed by atoms with Crippen LogP contribution in [0.15, 0.2) is 48.5 Å². The van der Waals surface area contributed by atoms with Gasteiger partial charge in [0, 0.05) is 0 Å². The third-order valence-corrected chi connectivity index (χ3v) is 5.62. The highest BCUT2D eigenvalue weighted by atomic mass is 35.5. The van der Waals surface area contributed by atoms with Crippen molar-refractivity contribution >= 4 is 23.5 Å². The van der Waals surface area contributed by atoms with Crippen LogP contribution in [-0.2, 0) is 16.8 Å². The maximum absolute atomic E-state index is 13.3. The van der Waals surface area contributed by atoms with Gasteiger partial charge in [0.05, 0.1) is 11.6 Å². The molecule has 0 unspecified atom stereocenters. The molecule has 140 valence electrons. The van der Waals surface area contributed by atoms with Gasteiger partial charge in [-0.2, -0.15) is 0 Å². The number of para-hydroxylation sites is 1. The third-order valence-electron chi connectivity index (χ3n) is 5.31. The molecule has 0 radical (unpaired) electrons. The molecule has 0 aromatic heterocycles. The number of nitrogens with one attached hydrogen (secondary N) is 1. The summed E-state index contributed by atoms with van der Waals surface area (Å²) in [4.78, 5) is 27.1. The van der Waals surface area contributed by atoms with Crippen molar-refractivity contribution in [3.05, 3.63) is 64.7 Å². The van der Waals surface area contributed by atoms with Crippen molar-refractivity contribution in [2.24, 2.45) is 0 Å². The SMILES string of the molecule is O=C1N[C@@]2(CCCCc3ccccc32)C(=O)N1CCOc1ccccc1Cl. The van der Waals surface area contributed by atoms with Gasteiger partial charge in [-0.3, -0.25) is 9.69 Å². The minimum Gasteiger partial charge on any atom is -0.490 e. The Hall–Kier alpha value is -2.53. The third kappa shape index (κ3) is 3.16. The lowest BCUT2D eigenvalue weighted by atomic mass is 9.84. The van der Waals surface area contributed by atoms with E-state index in [9.17, 15) is 9.59 Å². The monoisotopic (exact) mass is 384 g/mol. The Kier molecular flexibility index (Phi) is 4.79. The lowest BCUT2D eigenvalue weighted by Gasteiger charge is -2.27. The number of urea groups is 1. The maximum Gasteiger partial charge on any atom is 0.325 e. The number of carbonyl (C=O) groups excluding carboxylic acids is 2. The van der Waals surface area contributed by atoms with Gasteiger partial charge in [-0.1, -0.05) is 48.0 Å². The molecule has 27 heavy (non-hydrogen) atoms. The number of carbonyl (C=O) groups is 2. The lowest BCUT2D eigenvalue weighted by Crippen LogP contribution is -2.44. The van der Waals surface area contributed by atoms with E-state index in [1.54, 1.807) is 12.1 Å². The van der Waals surface area contributed by atoms with E-state index in [1.807, 2.05) is 36.4 Å². The van der Waals surface area contributed by atoms with Crippen LogP contribution >= 0.6 is 11.6 Å². The normalized spacial score (nSPS) is 21.7. The van der Waals surface area contributed by atoms with Crippen LogP contribution in [0.3, 0.4) is 0 Å². The summed E-state index contributed by atoms with van der Waals surface area (Å²) in [5.74, 6) is 0.352. The molecular formula is C21H21ClN2O3. The number of ether oxygens (including phenoxy) is 1. The minimum atomic E-state index is -0.950. The van der Waals surface area contributed by atoms with Crippen molar-refractivity contribution in [1.29, 1.82) is 0 Å². The predicted molar refractivity (Wildman–Crippen MR) is 103 cm³/mol. The summed E-state index contributed by atoms with van der Waals surface area (Å²) < 4.78 is 5.66. The van der Waals surface area contributed by atoms with Crippen molar-refractivity contribution in [3.8, 4) is 5.75 Å². The highest BCUT2D eigenvalue weighted by Gasteiger charge is 2.53. The van der Waals surface area contributed by atoms with Gasteiger partial charge >= 0.3 is 6.03 Å². The van der Waals surface area contributed by atoms with E-state index in [0.29, 0.717) is 17.2 Å². The molecule has 4 rings (SSSR count). The number of aryl methyl sites for hydroxylation is 1. The van der Waals surface area contributed by atoms with Crippen LogP contribution in [0.5, 0.6) is 5.75 Å². The van der Waals surface area contributed by atoms with E-state index in [-0.39, 0.29) is 25.1 Å². The van der Waals surface area contributed by atoms with Gasteiger partial charge in [0.15, 0.2) is 0 Å². The molecule has 1 saturated heterocycles. The van der Waals surface area contributed by atoms with Gasteiger partial charge in [-0.05, 0) is 48.9 Å². The molecule has 2 aliphatic rings. The van der Waals surface area contributed by atoms with Crippen molar-refractivity contribution in [3.63, 3.8) is 0 Å². The van der Waals surface area contributed by atoms with E-state index in [2.05, 4.69) is 5.32 Å². The van der Waals surface area contributed by atoms with Gasteiger partial charge < -0.3 is 10.1 Å². The van der Waals surface area contributed by atoms with Crippen LogP contribution in [0, 0.1) is 0 Å². The van der Waals surface area contributed by atoms with E-state index < -0.39 is 5.54 Å². The molecule has 2 aromatic rings. The Balaban J connectivity index is 1.53. The largest absolute Gasteiger partial charge is 0.490 e. The summed E-state index contributed by atoms with van der Waals surface area (Å²) in [6.07, 6.45) is 3.45. The van der Waals surface area contributed by atoms with Crippen molar-refractivity contribution < 1.29 is 14.3 Å². The van der Waals surface area contributed by atoms with Gasteiger partial charge in [-0.25, -0.2) is 4.79 Å². The minimum absolute atomic E-state index is 0.180. The van der Waals surface area contributed by atoms with Crippen molar-refractivity contribution in [1.82, 2.24) is 10.2 Å². The fraction of sp³-hybridized carbons (Fsp3) is 0.333. The predicted octanol–water partition coefficient (Wildman–Crippen LogP) is 3.89. The molecule has 1 fully saturated rings. The average Bonchev–Trinajstić information content (AvgIpc) is 2.81. The standard InChI is InChI=1S/C21H21ClN2O3/c22-17-10-3-4-11-18(17)27-14-13-24-19(25)21(23-20(24)26)12-6-5-8-15-7-1-2-9-16(15)21/h1-4,7,9-11H,5-6,8,12-14H2,(H,23,26)/t21-/m1/s1. The number of rotatable bonds is 4. The second-order valence-corrected chi connectivity index (χ2v) is 7.34. The molecule has 1 atom stereocenters. The molecule has 1 heterocycles. The van der Waals surface area contributed by atoms with Crippen LogP contribution in [-0.4, -0.2) is 30.0 Å². The molecular weight excluding hydrogens is 364 g/mol. The highest BCUT2D eigenvalue weighted by Crippen LogP contribution is 2.38. The molecule has 3 amide bonds. The molecule has 2 aromatic carbocycles. The Morgan fingerprint density at radius 2 is 1.85 bits per heavy atom. The molecule has 0 bridgehead atoms. The van der Waals surface area contributed by atoms with Crippen LogP contribution in [0.1, 0.15) is 30.4 Å². The zero-order valence-electron chi connectivity index (χ0n) is 14.9. The number of amides is 3. The molecule has 1 spiro atoms. The Morgan fingerprint density at radius 1 is 1.07 bits per heavy atom. The van der Waals surface area contributed by atoms with E-state index in [0.717, 1.165) is 30.4 Å². The number of benzene rings is 2. The molecule has 6 heteroatoms. The summed E-state index contributed by atoms with van der Waals surface area (Å²) in [6.45, 7) is 0.375. The summed E-state index contributed by atoms with van der Waals surface area (Å²) >= 11 is 6.08. The first-order valence-electron chi connectivity index (χ1n) is 9.22. The van der Waals surface area contributed by atoms with Crippen LogP contribution < -0.4 is 10.1 Å². The topological polar surface area (TPSA) is 58.6 Å². The first-order chi connectivity index (χ1) is 13.1. The van der Waals surface area contributed by atoms with Gasteiger partial charge in [0.1, 0.15) is 17.9 Å². The average molecular weight is 385 g/mol. The molecule has 0 saturated carbocycles. The van der Waals surface area contributed by atoms with Crippen LogP contribution in [0.2, 0.25) is 5.02 Å². The molecule has 5 nitrogen and oxygen atoms in total. The second kappa shape index (κ2) is 7.24. The molecule has 1 N–H and O–H groups in total. The maximum atomic E-state index is 13.3. The number of fused-ring (bicyclic) bond motifs is 2. The number of hydrogen-bond donors (Lipinski definition) is 1. The van der Waals surface area contributed by atoms with E-state index >= 15 is 0 Å². The summed E-state index contributed by atoms with van der Waals surface area (Å²) in [7, 11) is 0. The summed E-state index contributed by atoms with van der Waals surface area (Å²) in [5.41, 5.74) is 1.11. The summed E-state index contributed by atoms with van der Waals surface area (Å²) in [6, 6.07) is 14.7. The van der Waals surface area contributed by atoms with Gasteiger partial charge in [-0.15, -0.1) is 0 Å². The molecule has 1 aliphatic heterocycles. The Morgan fingerprint density at radius 3 is 2.70 bits per heavy atom. The second-order valence-electron chi connectivity index (χ2n) is 6.94. The first-order valence-corrected chi connectivity index (χ1v) is 9.59. The lowest BCUT2D eigenvalue weighted by molar-refractivity contribution is -0.132. The van der Waals surface area contributed by atoms with Gasteiger partial charge in [0.2, 0.25) is 0 Å². The highest BCUT2D eigenvalue weighted by molar-refractivity contribution is 6.32. The number of nitrogens with zero attached hydrogens (tertiary/aromatic N) is 1. The molecule has 1 aliphatic carbocycles. The zero-order chi connectivity index (χ0) is 18.9. The quantitative estimate of drug-likeness (QED) is 0.813. The fourth-order valence-corrected chi connectivity index (χ4v) is 4.18. The number of imide groups is 1. The summed E-state index contributed by atoms with van der Waals surface area (Å²) in [5, 5.41) is 3.48. The van der Waals surface area contributed by atoms with Crippen molar-refractivity contribution in [2.75, 3.05) is 13.2 Å². The number of hydrogen-bond acceptors (Lipinski definition) is 3. The smallest absolute Gasteiger partial charge is 0.325 e. The Bertz CT molecular complexity index is 885. The van der Waals surface area contributed by atoms with Gasteiger partial charge in [0.25, 0.3) is 5.91 Å². The van der Waals surface area contributed by atoms with Crippen LogP contribution in [0.4, 0.5) is 4.79 Å². The first kappa shape index (κ1) is 17.9.